The van der Waals surface area contributed by atoms with Crippen LogP contribution < -0.4 is 0 Å². The molecule has 8 heavy (non-hydrogen) atoms. The van der Waals surface area contributed by atoms with Gasteiger partial charge in [-0.1, -0.05) is 25.7 Å². The van der Waals surface area contributed by atoms with E-state index in [0.717, 1.165) is 11.7 Å². The Labute approximate surface area is 57.1 Å². The molecular formula is C7H14S. The van der Waals surface area contributed by atoms with E-state index in [1.165, 1.54) is 32.1 Å². The zero-order valence-electron chi connectivity index (χ0n) is 5.27. The number of thiol groups is 1. The largest absolute Gasteiger partial charge is 0.179 e. The maximum absolute atomic E-state index is 4.20. The van der Waals surface area contributed by atoms with Gasteiger partial charge in [0.1, 0.15) is 0 Å². The minimum atomic E-state index is 1.03. The Morgan fingerprint density at radius 3 is 2.38 bits per heavy atom. The van der Waals surface area contributed by atoms with E-state index in [0.29, 0.717) is 0 Å². The average molecular weight is 130 g/mol. The lowest BCUT2D eigenvalue weighted by Gasteiger charge is -2.03. The lowest BCUT2D eigenvalue weighted by atomic mass is 10.1. The summed E-state index contributed by atoms with van der Waals surface area (Å²) < 4.78 is 0. The van der Waals surface area contributed by atoms with Crippen molar-refractivity contribution in [3.05, 3.63) is 0 Å². The summed E-state index contributed by atoms with van der Waals surface area (Å²) in [4.78, 5) is 0. The maximum atomic E-state index is 4.20. The Bertz CT molecular complexity index is 55.4. The molecule has 0 aromatic rings. The fourth-order valence-electron chi connectivity index (χ4n) is 1.48. The van der Waals surface area contributed by atoms with Crippen LogP contribution in [0.2, 0.25) is 0 Å². The van der Waals surface area contributed by atoms with Crippen molar-refractivity contribution in [2.45, 2.75) is 32.1 Å². The minimum absolute atomic E-state index is 1.03. The summed E-state index contributed by atoms with van der Waals surface area (Å²) in [6, 6.07) is 0. The first-order valence-electron chi connectivity index (χ1n) is 3.54. The van der Waals surface area contributed by atoms with Crippen LogP contribution in [0.15, 0.2) is 0 Å². The SMILES string of the molecule is SCCC1CCCC1. The second kappa shape index (κ2) is 3.39. The van der Waals surface area contributed by atoms with E-state index in [-0.39, 0.29) is 0 Å². The van der Waals surface area contributed by atoms with Gasteiger partial charge in [-0.2, -0.15) is 12.6 Å². The van der Waals surface area contributed by atoms with Gasteiger partial charge in [0.15, 0.2) is 0 Å². The lowest BCUT2D eigenvalue weighted by Crippen LogP contribution is -1.92. The van der Waals surface area contributed by atoms with Crippen LogP contribution >= 0.6 is 12.6 Å². The molecule has 1 aliphatic carbocycles. The van der Waals surface area contributed by atoms with E-state index in [1.807, 2.05) is 0 Å². The van der Waals surface area contributed by atoms with Gasteiger partial charge in [0, 0.05) is 0 Å². The van der Waals surface area contributed by atoms with Crippen LogP contribution in [0.1, 0.15) is 32.1 Å². The molecule has 1 saturated carbocycles. The summed E-state index contributed by atoms with van der Waals surface area (Å²) in [5, 5.41) is 0. The van der Waals surface area contributed by atoms with E-state index in [2.05, 4.69) is 12.6 Å². The molecule has 0 saturated heterocycles. The smallest absolute Gasteiger partial charge is 0.00953 e. The predicted octanol–water partition coefficient (Wildman–Crippen LogP) is 2.50. The molecule has 0 heterocycles. The fourth-order valence-corrected chi connectivity index (χ4v) is 1.85. The van der Waals surface area contributed by atoms with Crippen molar-refractivity contribution in [1.29, 1.82) is 0 Å². The number of hydrogen-bond donors (Lipinski definition) is 1. The molecule has 0 N–H and O–H groups in total. The summed E-state index contributed by atoms with van der Waals surface area (Å²) in [6.07, 6.45) is 7.24. The summed E-state index contributed by atoms with van der Waals surface area (Å²) in [6.45, 7) is 0. The van der Waals surface area contributed by atoms with Crippen LogP contribution in [0.5, 0.6) is 0 Å². The van der Waals surface area contributed by atoms with Crippen molar-refractivity contribution < 1.29 is 0 Å². The van der Waals surface area contributed by atoms with Crippen LogP contribution in [-0.2, 0) is 0 Å². The molecule has 0 atom stereocenters. The number of hydrogen-bond acceptors (Lipinski definition) is 1. The second-order valence-electron chi connectivity index (χ2n) is 2.66. The highest BCUT2D eigenvalue weighted by molar-refractivity contribution is 7.80. The van der Waals surface area contributed by atoms with Crippen LogP contribution in [0.3, 0.4) is 0 Å². The van der Waals surface area contributed by atoms with Crippen molar-refractivity contribution in [1.82, 2.24) is 0 Å². The zero-order chi connectivity index (χ0) is 5.82. The normalized spacial score (nSPS) is 22.1. The summed E-state index contributed by atoms with van der Waals surface area (Å²) >= 11 is 4.20. The van der Waals surface area contributed by atoms with Gasteiger partial charge in [0.2, 0.25) is 0 Å². The first-order chi connectivity index (χ1) is 3.93. The first kappa shape index (κ1) is 6.47. The monoisotopic (exact) mass is 130 g/mol. The van der Waals surface area contributed by atoms with Gasteiger partial charge in [-0.05, 0) is 18.1 Å². The highest BCUT2D eigenvalue weighted by atomic mass is 32.1. The van der Waals surface area contributed by atoms with E-state index < -0.39 is 0 Å². The van der Waals surface area contributed by atoms with Crippen LogP contribution in [-0.4, -0.2) is 5.75 Å². The molecular weight excluding hydrogens is 116 g/mol. The quantitative estimate of drug-likeness (QED) is 0.545. The van der Waals surface area contributed by atoms with E-state index in [1.54, 1.807) is 0 Å². The molecule has 0 aromatic heterocycles. The summed E-state index contributed by atoms with van der Waals surface area (Å²) in [5.74, 6) is 2.12. The molecule has 0 bridgehead atoms. The van der Waals surface area contributed by atoms with Crippen molar-refractivity contribution in [2.24, 2.45) is 5.92 Å². The van der Waals surface area contributed by atoms with Crippen molar-refractivity contribution >= 4 is 12.6 Å². The molecule has 0 spiro atoms. The van der Waals surface area contributed by atoms with E-state index >= 15 is 0 Å². The predicted molar refractivity (Wildman–Crippen MR) is 40.4 cm³/mol. The number of rotatable bonds is 2. The molecule has 48 valence electrons. The van der Waals surface area contributed by atoms with Gasteiger partial charge in [0.05, 0.1) is 0 Å². The molecule has 1 rings (SSSR count). The van der Waals surface area contributed by atoms with Crippen molar-refractivity contribution in [3.8, 4) is 0 Å². The van der Waals surface area contributed by atoms with Crippen LogP contribution in [0.25, 0.3) is 0 Å². The van der Waals surface area contributed by atoms with Gasteiger partial charge in [-0.15, -0.1) is 0 Å². The highest BCUT2D eigenvalue weighted by Crippen LogP contribution is 2.27. The lowest BCUT2D eigenvalue weighted by molar-refractivity contribution is 0.536. The Balaban J connectivity index is 2.06. The van der Waals surface area contributed by atoms with Crippen LogP contribution in [0.4, 0.5) is 0 Å². The molecule has 0 unspecified atom stereocenters. The Morgan fingerprint density at radius 2 is 1.88 bits per heavy atom. The topological polar surface area (TPSA) is 0 Å². The Morgan fingerprint density at radius 1 is 1.25 bits per heavy atom. The molecule has 1 aliphatic rings. The third-order valence-electron chi connectivity index (χ3n) is 2.01. The molecule has 0 aromatic carbocycles. The van der Waals surface area contributed by atoms with Gasteiger partial charge in [0.25, 0.3) is 0 Å². The van der Waals surface area contributed by atoms with Crippen molar-refractivity contribution in [3.63, 3.8) is 0 Å². The van der Waals surface area contributed by atoms with Gasteiger partial charge < -0.3 is 0 Å². The van der Waals surface area contributed by atoms with Crippen LogP contribution in [0, 0.1) is 5.92 Å². The molecule has 0 nitrogen and oxygen atoms in total. The molecule has 1 fully saturated rings. The van der Waals surface area contributed by atoms with Crippen molar-refractivity contribution in [2.75, 3.05) is 5.75 Å². The minimum Gasteiger partial charge on any atom is -0.179 e. The molecule has 0 aliphatic heterocycles. The highest BCUT2D eigenvalue weighted by Gasteiger charge is 2.12. The molecule has 0 radical (unpaired) electrons. The zero-order valence-corrected chi connectivity index (χ0v) is 6.16. The van der Waals surface area contributed by atoms with Gasteiger partial charge in [-0.3, -0.25) is 0 Å². The third-order valence-corrected chi connectivity index (χ3v) is 2.27. The Kier molecular flexibility index (Phi) is 2.74. The van der Waals surface area contributed by atoms with Gasteiger partial charge >= 0.3 is 0 Å². The maximum Gasteiger partial charge on any atom is -0.00953 e. The average Bonchev–Trinajstić information content (AvgIpc) is 2.19. The summed E-state index contributed by atoms with van der Waals surface area (Å²) in [5.41, 5.74) is 0. The first-order valence-corrected chi connectivity index (χ1v) is 4.17. The molecule has 1 heteroatoms. The Hall–Kier alpha value is 0.350. The van der Waals surface area contributed by atoms with Gasteiger partial charge in [-0.25, -0.2) is 0 Å². The third kappa shape index (κ3) is 1.70. The molecule has 0 amide bonds. The fraction of sp³-hybridized carbons (Fsp3) is 1.00. The summed E-state index contributed by atoms with van der Waals surface area (Å²) in [7, 11) is 0. The standard InChI is InChI=1S/C7H14S/c8-6-5-7-3-1-2-4-7/h7-8H,1-6H2. The van der Waals surface area contributed by atoms with E-state index in [9.17, 15) is 0 Å². The van der Waals surface area contributed by atoms with E-state index in [4.69, 9.17) is 0 Å². The second-order valence-corrected chi connectivity index (χ2v) is 3.11.